The summed E-state index contributed by atoms with van der Waals surface area (Å²) in [6.45, 7) is 11.8. The first-order valence-corrected chi connectivity index (χ1v) is 22.6. The zero-order valence-electron chi connectivity index (χ0n) is 31.1. The van der Waals surface area contributed by atoms with Crippen LogP contribution in [0.4, 0.5) is 0 Å². The SMILES string of the molecule is C[C@@H]1OC[C@]23CC[C@H]4[C@@H](CC[C@@H]5C[C@H](OS(=O)(=O)O[C@@H]6CC[C@@]7(C)[C@H](CC[C@H]8C9CC[C@@H]%10[C@H](C)OC[C@]9%10CC[C@@H]87)C6)CC[C@@]54C)C2CC[C@H]13. The minimum atomic E-state index is -4.03. The van der Waals surface area contributed by atoms with Gasteiger partial charge in [-0.2, -0.15) is 8.42 Å². The maximum atomic E-state index is 13.5. The largest absolute Gasteiger partial charge is 0.400 e. The predicted molar refractivity (Wildman–Crippen MR) is 189 cm³/mol. The summed E-state index contributed by atoms with van der Waals surface area (Å²) >= 11 is 0. The zero-order chi connectivity index (χ0) is 33.6. The molecule has 0 amide bonds. The quantitative estimate of drug-likeness (QED) is 0.292. The molecule has 7 heteroatoms. The molecule has 0 N–H and O–H groups in total. The molecule has 0 radical (unpaired) electrons. The molecule has 0 aromatic rings. The lowest BCUT2D eigenvalue weighted by Gasteiger charge is -2.61. The van der Waals surface area contributed by atoms with Crippen molar-refractivity contribution in [1.29, 1.82) is 0 Å². The van der Waals surface area contributed by atoms with E-state index in [0.29, 0.717) is 45.7 Å². The van der Waals surface area contributed by atoms with E-state index >= 15 is 0 Å². The Hall–Kier alpha value is -0.210. The molecule has 2 saturated heterocycles. The molecule has 2 aliphatic heterocycles. The highest BCUT2D eigenvalue weighted by molar-refractivity contribution is 7.81. The van der Waals surface area contributed by atoms with Crippen molar-refractivity contribution in [1.82, 2.24) is 0 Å². The molecule has 18 atom stereocenters. The first kappa shape index (κ1) is 33.4. The van der Waals surface area contributed by atoms with Crippen molar-refractivity contribution >= 4 is 10.4 Å². The molecule has 2 heterocycles. The van der Waals surface area contributed by atoms with Gasteiger partial charge in [-0.1, -0.05) is 13.8 Å². The van der Waals surface area contributed by atoms with Crippen LogP contribution < -0.4 is 0 Å². The zero-order valence-corrected chi connectivity index (χ0v) is 31.9. The number of hydrogen-bond donors (Lipinski definition) is 0. The second-order valence-corrected chi connectivity index (χ2v) is 21.9. The molecule has 2 spiro atoms. The smallest absolute Gasteiger partial charge is 0.378 e. The van der Waals surface area contributed by atoms with Crippen LogP contribution >= 0.6 is 0 Å². The van der Waals surface area contributed by atoms with Crippen LogP contribution in [0.25, 0.3) is 0 Å². The Balaban J connectivity index is 0.760. The van der Waals surface area contributed by atoms with E-state index in [9.17, 15) is 8.42 Å². The van der Waals surface area contributed by atoms with Crippen LogP contribution in [0.2, 0.25) is 0 Å². The van der Waals surface area contributed by atoms with Gasteiger partial charge in [0.15, 0.2) is 0 Å². The van der Waals surface area contributed by atoms with Gasteiger partial charge in [0, 0.05) is 10.8 Å². The third-order valence-electron chi connectivity index (χ3n) is 19.7. The van der Waals surface area contributed by atoms with E-state index < -0.39 is 10.4 Å². The van der Waals surface area contributed by atoms with Gasteiger partial charge in [-0.25, -0.2) is 8.37 Å². The minimum absolute atomic E-state index is 0.231. The van der Waals surface area contributed by atoms with E-state index in [1.807, 2.05) is 0 Å². The predicted octanol–water partition coefficient (Wildman–Crippen LogP) is 9.12. The van der Waals surface area contributed by atoms with E-state index in [-0.39, 0.29) is 12.2 Å². The van der Waals surface area contributed by atoms with Crippen molar-refractivity contribution in [2.45, 2.75) is 168 Å². The summed E-state index contributed by atoms with van der Waals surface area (Å²) in [5.41, 5.74) is 1.53. The summed E-state index contributed by atoms with van der Waals surface area (Å²) in [5.74, 6) is 7.55. The summed E-state index contributed by atoms with van der Waals surface area (Å²) in [6, 6.07) is 0. The lowest BCUT2D eigenvalue weighted by Crippen LogP contribution is -2.55. The van der Waals surface area contributed by atoms with Crippen LogP contribution in [0.3, 0.4) is 0 Å². The molecule has 276 valence electrons. The van der Waals surface area contributed by atoms with Gasteiger partial charge in [0.05, 0.1) is 37.6 Å². The summed E-state index contributed by atoms with van der Waals surface area (Å²) in [6.07, 6.45) is 22.0. The Labute approximate surface area is 297 Å². The Morgan fingerprint density at radius 2 is 0.939 bits per heavy atom. The summed E-state index contributed by atoms with van der Waals surface area (Å²) < 4.78 is 51.7. The Morgan fingerprint density at radius 1 is 0.510 bits per heavy atom. The maximum Gasteiger partial charge on any atom is 0.400 e. The highest BCUT2D eigenvalue weighted by Gasteiger charge is 2.66. The molecule has 2 unspecified atom stereocenters. The first-order valence-electron chi connectivity index (χ1n) is 21.3. The molecule has 0 aromatic carbocycles. The molecular formula is C42H66O6S. The lowest BCUT2D eigenvalue weighted by molar-refractivity contribution is -0.130. The number of hydrogen-bond acceptors (Lipinski definition) is 6. The van der Waals surface area contributed by atoms with Crippen molar-refractivity contribution in [3.05, 3.63) is 0 Å². The van der Waals surface area contributed by atoms with E-state index in [1.165, 1.54) is 77.0 Å². The number of fused-ring (bicyclic) bond motifs is 8. The summed E-state index contributed by atoms with van der Waals surface area (Å²) in [4.78, 5) is 0. The fraction of sp³-hybridized carbons (Fsp3) is 1.00. The lowest BCUT2D eigenvalue weighted by atomic mass is 9.44. The topological polar surface area (TPSA) is 71.1 Å². The average molecular weight is 699 g/mol. The van der Waals surface area contributed by atoms with Gasteiger partial charge in [-0.15, -0.1) is 0 Å². The van der Waals surface area contributed by atoms with Crippen LogP contribution in [0.15, 0.2) is 0 Å². The van der Waals surface area contributed by atoms with Gasteiger partial charge in [0.25, 0.3) is 0 Å². The molecule has 0 bridgehead atoms. The molecule has 10 aliphatic rings. The van der Waals surface area contributed by atoms with Crippen molar-refractivity contribution in [3.63, 3.8) is 0 Å². The fourth-order valence-corrected chi connectivity index (χ4v) is 18.5. The van der Waals surface area contributed by atoms with Crippen LogP contribution in [-0.2, 0) is 28.2 Å². The van der Waals surface area contributed by atoms with Gasteiger partial charge in [-0.3, -0.25) is 0 Å². The van der Waals surface area contributed by atoms with E-state index in [4.69, 9.17) is 17.8 Å². The second kappa shape index (κ2) is 11.4. The third kappa shape index (κ3) is 4.71. The molecule has 49 heavy (non-hydrogen) atoms. The van der Waals surface area contributed by atoms with Crippen LogP contribution in [0.5, 0.6) is 0 Å². The van der Waals surface area contributed by atoms with Gasteiger partial charge in [0.1, 0.15) is 0 Å². The number of ether oxygens (including phenoxy) is 2. The van der Waals surface area contributed by atoms with Gasteiger partial charge < -0.3 is 9.47 Å². The third-order valence-corrected chi connectivity index (χ3v) is 20.7. The molecule has 10 rings (SSSR count). The average Bonchev–Trinajstić information content (AvgIpc) is 3.81. The Morgan fingerprint density at radius 3 is 1.39 bits per heavy atom. The summed E-state index contributed by atoms with van der Waals surface area (Å²) in [5, 5.41) is 0. The second-order valence-electron chi connectivity index (χ2n) is 20.7. The number of rotatable bonds is 4. The molecule has 10 fully saturated rings. The van der Waals surface area contributed by atoms with E-state index in [2.05, 4.69) is 27.7 Å². The van der Waals surface area contributed by atoms with Crippen molar-refractivity contribution in [3.8, 4) is 0 Å². The van der Waals surface area contributed by atoms with Gasteiger partial charge in [-0.05, 0) is 199 Å². The highest BCUT2D eigenvalue weighted by atomic mass is 32.3. The minimum Gasteiger partial charge on any atom is -0.378 e. The monoisotopic (exact) mass is 698 g/mol. The molecule has 8 aliphatic carbocycles. The molecule has 0 aromatic heterocycles. The summed E-state index contributed by atoms with van der Waals surface area (Å²) in [7, 11) is -4.03. The maximum absolute atomic E-state index is 13.5. The Bertz CT molecular complexity index is 1320. The van der Waals surface area contributed by atoms with Crippen molar-refractivity contribution < 1.29 is 26.3 Å². The van der Waals surface area contributed by atoms with Crippen molar-refractivity contribution in [2.75, 3.05) is 13.2 Å². The standard InChI is InChI=1S/C42H66O6S/c1-25-33-9-11-37-31-7-5-27-21-29(13-17-39(27,3)35(31)15-19-41(33,37)23-45-25)47-49(43,44)48-30-14-18-40(4)28(22-30)6-8-32-36(40)16-20-42-24-46-26(2)34(42)10-12-38(32)42/h25-38H,5-24H2,1-4H3/t25-,26-,27+,28+,29+,30+,31+,32+,33+,34+,35-,36-,37?,38?,39-,40-,41-,42-/m0/s1. The van der Waals surface area contributed by atoms with E-state index in [1.54, 1.807) is 0 Å². The fourth-order valence-electron chi connectivity index (χ4n) is 17.5. The molecule has 6 nitrogen and oxygen atoms in total. The van der Waals surface area contributed by atoms with Gasteiger partial charge in [0.2, 0.25) is 0 Å². The van der Waals surface area contributed by atoms with Gasteiger partial charge >= 0.3 is 10.4 Å². The Kier molecular flexibility index (Phi) is 7.76. The first-order chi connectivity index (χ1) is 23.5. The van der Waals surface area contributed by atoms with Crippen LogP contribution in [0.1, 0.15) is 143 Å². The van der Waals surface area contributed by atoms with Crippen LogP contribution in [0, 0.1) is 80.8 Å². The highest BCUT2D eigenvalue weighted by Crippen LogP contribution is 2.71. The normalized spacial score (nSPS) is 59.1. The van der Waals surface area contributed by atoms with E-state index in [0.717, 1.165) is 99.1 Å². The molecular weight excluding hydrogens is 633 g/mol. The van der Waals surface area contributed by atoms with Crippen molar-refractivity contribution in [2.24, 2.45) is 80.8 Å². The molecule has 8 saturated carbocycles. The van der Waals surface area contributed by atoms with Crippen LogP contribution in [-0.4, -0.2) is 46.0 Å².